The summed E-state index contributed by atoms with van der Waals surface area (Å²) in [6, 6.07) is 9.35. The molecule has 1 aliphatic carbocycles. The zero-order chi connectivity index (χ0) is 27.2. The lowest BCUT2D eigenvalue weighted by molar-refractivity contribution is -0.143. The number of esters is 1. The predicted octanol–water partition coefficient (Wildman–Crippen LogP) is 6.37. The van der Waals surface area contributed by atoms with Gasteiger partial charge in [0, 0.05) is 30.6 Å². The van der Waals surface area contributed by atoms with Crippen molar-refractivity contribution in [2.45, 2.75) is 134 Å². The van der Waals surface area contributed by atoms with Crippen LogP contribution in [0.5, 0.6) is 0 Å². The second kappa shape index (κ2) is 13.2. The van der Waals surface area contributed by atoms with Crippen LogP contribution < -0.4 is 5.56 Å². The van der Waals surface area contributed by atoms with E-state index in [0.29, 0.717) is 23.6 Å². The third kappa shape index (κ3) is 6.45. The van der Waals surface area contributed by atoms with E-state index >= 15 is 0 Å². The molecule has 2 unspecified atom stereocenters. The average molecular weight is 536 g/mol. The van der Waals surface area contributed by atoms with Crippen LogP contribution in [0.4, 0.5) is 0 Å². The third-order valence-corrected chi connectivity index (χ3v) is 9.29. The number of nitrogens with zero attached hydrogens (tertiary/aromatic N) is 3. The number of fused-ring (bicyclic) bond motifs is 3. The number of carbonyl (C=O) groups is 2. The van der Waals surface area contributed by atoms with Gasteiger partial charge in [-0.05, 0) is 57.6 Å². The van der Waals surface area contributed by atoms with E-state index in [0.717, 1.165) is 18.4 Å². The summed E-state index contributed by atoms with van der Waals surface area (Å²) in [6.07, 6.45) is 17.5. The van der Waals surface area contributed by atoms with Gasteiger partial charge in [-0.25, -0.2) is 4.98 Å². The molecule has 2 atom stereocenters. The molecule has 1 aromatic carbocycles. The molecule has 7 nitrogen and oxygen atoms in total. The quantitative estimate of drug-likeness (QED) is 0.303. The van der Waals surface area contributed by atoms with Gasteiger partial charge in [-0.1, -0.05) is 63.5 Å². The number of aromatic nitrogens is 2. The number of hydrogen-bond donors (Lipinski definition) is 0. The predicted molar refractivity (Wildman–Crippen MR) is 153 cm³/mol. The number of ether oxygens (including phenoxy) is 1. The van der Waals surface area contributed by atoms with Crippen molar-refractivity contribution in [2.75, 3.05) is 6.61 Å². The van der Waals surface area contributed by atoms with Gasteiger partial charge in [-0.3, -0.25) is 19.3 Å². The largest absolute Gasteiger partial charge is 0.466 e. The summed E-state index contributed by atoms with van der Waals surface area (Å²) in [5.74, 6) is -0.806. The van der Waals surface area contributed by atoms with Crippen LogP contribution >= 0.6 is 0 Å². The van der Waals surface area contributed by atoms with Crippen LogP contribution in [0.15, 0.2) is 29.1 Å². The van der Waals surface area contributed by atoms with Crippen molar-refractivity contribution in [3.63, 3.8) is 0 Å². The number of benzene rings is 1. The van der Waals surface area contributed by atoms with Gasteiger partial charge in [0.2, 0.25) is 0 Å². The first-order valence-electron chi connectivity index (χ1n) is 15.5. The van der Waals surface area contributed by atoms with Crippen molar-refractivity contribution in [3.05, 3.63) is 40.3 Å². The third-order valence-electron chi connectivity index (χ3n) is 9.29. The molecule has 5 rings (SSSR count). The summed E-state index contributed by atoms with van der Waals surface area (Å²) in [7, 11) is 0. The first-order chi connectivity index (χ1) is 19.1. The highest BCUT2D eigenvalue weighted by Crippen LogP contribution is 2.42. The van der Waals surface area contributed by atoms with Gasteiger partial charge in [0.25, 0.3) is 5.56 Å². The number of Topliss-reactive ketones (excluding diaryl/α,β-unsaturated/α-hetero) is 1. The van der Waals surface area contributed by atoms with E-state index in [2.05, 4.69) is 9.88 Å². The Kier molecular flexibility index (Phi) is 9.49. The molecule has 0 amide bonds. The van der Waals surface area contributed by atoms with Gasteiger partial charge in [0.15, 0.2) is 11.5 Å². The van der Waals surface area contributed by atoms with Crippen LogP contribution in [0.1, 0.15) is 126 Å². The van der Waals surface area contributed by atoms with E-state index in [9.17, 15) is 14.4 Å². The van der Waals surface area contributed by atoms with Gasteiger partial charge in [0.1, 0.15) is 0 Å². The van der Waals surface area contributed by atoms with Crippen molar-refractivity contribution >= 4 is 22.8 Å². The van der Waals surface area contributed by atoms with Gasteiger partial charge in [0.05, 0.1) is 24.1 Å². The molecule has 2 bridgehead atoms. The molecule has 7 heteroatoms. The molecular weight excluding hydrogens is 490 g/mol. The molecule has 3 aliphatic rings. The standard InChI is InChI=1S/C32H45N3O4/c1-2-39-30(37)20-19-29(36)31-32(38)35(28-18-11-10-17-27(28)33-31)26-21-24-15-12-16-25(22-26)34(24)23-13-8-6-4-3-5-7-9-14-23/h10-11,17-18,23-26H,2-9,12-16,19-22H2,1H3. The Labute approximate surface area is 232 Å². The minimum atomic E-state index is -0.423. The molecule has 1 aromatic heterocycles. The van der Waals surface area contributed by atoms with Crippen LogP contribution in [-0.2, 0) is 9.53 Å². The van der Waals surface area contributed by atoms with Gasteiger partial charge in [-0.2, -0.15) is 0 Å². The maximum absolute atomic E-state index is 13.9. The summed E-state index contributed by atoms with van der Waals surface area (Å²) >= 11 is 0. The molecule has 2 aliphatic heterocycles. The van der Waals surface area contributed by atoms with Gasteiger partial charge >= 0.3 is 5.97 Å². The Hall–Kier alpha value is -2.54. The highest BCUT2D eigenvalue weighted by molar-refractivity contribution is 5.97. The average Bonchev–Trinajstić information content (AvgIpc) is 2.94. The lowest BCUT2D eigenvalue weighted by atomic mass is 9.79. The maximum Gasteiger partial charge on any atom is 0.306 e. The summed E-state index contributed by atoms with van der Waals surface area (Å²) < 4.78 is 6.86. The summed E-state index contributed by atoms with van der Waals surface area (Å²) in [6.45, 7) is 2.01. The smallest absolute Gasteiger partial charge is 0.306 e. The van der Waals surface area contributed by atoms with Crippen LogP contribution in [0, 0.1) is 0 Å². The summed E-state index contributed by atoms with van der Waals surface area (Å²) in [4.78, 5) is 46.3. The molecule has 3 heterocycles. The lowest BCUT2D eigenvalue weighted by Gasteiger charge is -2.53. The van der Waals surface area contributed by atoms with Gasteiger partial charge < -0.3 is 9.30 Å². The molecule has 0 N–H and O–H groups in total. The van der Waals surface area contributed by atoms with Crippen LogP contribution in [0.3, 0.4) is 0 Å². The van der Waals surface area contributed by atoms with E-state index < -0.39 is 5.97 Å². The molecule has 39 heavy (non-hydrogen) atoms. The number of carbonyl (C=O) groups excluding carboxylic acids is 2. The topological polar surface area (TPSA) is 81.5 Å². The fourth-order valence-electron chi connectivity index (χ4n) is 7.55. The second-order valence-corrected chi connectivity index (χ2v) is 11.9. The highest BCUT2D eigenvalue weighted by Gasteiger charge is 2.42. The molecule has 3 fully saturated rings. The summed E-state index contributed by atoms with van der Waals surface area (Å²) in [5, 5.41) is 0. The Morgan fingerprint density at radius 3 is 2.10 bits per heavy atom. The number of ketones is 1. The van der Waals surface area contributed by atoms with Crippen molar-refractivity contribution in [3.8, 4) is 0 Å². The Morgan fingerprint density at radius 2 is 1.44 bits per heavy atom. The van der Waals surface area contributed by atoms with E-state index in [1.807, 2.05) is 28.8 Å². The number of hydrogen-bond acceptors (Lipinski definition) is 6. The van der Waals surface area contributed by atoms with Crippen LogP contribution in [0.25, 0.3) is 11.0 Å². The second-order valence-electron chi connectivity index (χ2n) is 11.9. The Balaban J connectivity index is 1.42. The zero-order valence-corrected chi connectivity index (χ0v) is 23.6. The monoisotopic (exact) mass is 535 g/mol. The maximum atomic E-state index is 13.9. The SMILES string of the molecule is CCOC(=O)CCC(=O)c1nc2ccccc2n(C2CC3CCCC(C2)N3C2CCCCCCCCC2)c1=O. The highest BCUT2D eigenvalue weighted by atomic mass is 16.5. The molecule has 0 radical (unpaired) electrons. The van der Waals surface area contributed by atoms with Gasteiger partial charge in [-0.15, -0.1) is 0 Å². The molecule has 2 aromatic rings. The van der Waals surface area contributed by atoms with Crippen molar-refractivity contribution < 1.29 is 14.3 Å². The minimum Gasteiger partial charge on any atom is -0.466 e. The molecule has 1 saturated carbocycles. The van der Waals surface area contributed by atoms with Crippen molar-refractivity contribution in [1.29, 1.82) is 0 Å². The summed E-state index contributed by atoms with van der Waals surface area (Å²) in [5.41, 5.74) is 1.12. The normalized spacial score (nSPS) is 25.3. The van der Waals surface area contributed by atoms with Crippen LogP contribution in [0.2, 0.25) is 0 Å². The van der Waals surface area contributed by atoms with E-state index in [4.69, 9.17) is 4.74 Å². The zero-order valence-electron chi connectivity index (χ0n) is 23.6. The fourth-order valence-corrected chi connectivity index (χ4v) is 7.55. The lowest BCUT2D eigenvalue weighted by Crippen LogP contribution is -2.57. The van der Waals surface area contributed by atoms with E-state index in [-0.39, 0.29) is 42.5 Å². The number of rotatable bonds is 7. The van der Waals surface area contributed by atoms with Crippen molar-refractivity contribution in [2.24, 2.45) is 0 Å². The first-order valence-corrected chi connectivity index (χ1v) is 15.5. The first kappa shape index (κ1) is 28.0. The molecule has 212 valence electrons. The molecular formula is C32H45N3O4. The van der Waals surface area contributed by atoms with Crippen LogP contribution in [-0.4, -0.2) is 50.9 Å². The van der Waals surface area contributed by atoms with E-state index in [1.54, 1.807) is 6.92 Å². The van der Waals surface area contributed by atoms with Crippen molar-refractivity contribution in [1.82, 2.24) is 14.5 Å². The van der Waals surface area contributed by atoms with E-state index in [1.165, 1.54) is 77.0 Å². The fraction of sp³-hybridized carbons (Fsp3) is 0.688. The Morgan fingerprint density at radius 1 is 0.821 bits per heavy atom. The Bertz CT molecular complexity index is 1180. The number of para-hydroxylation sites is 2. The number of piperidine rings is 2. The molecule has 0 spiro atoms. The molecule has 2 saturated heterocycles. The minimum absolute atomic E-state index is 0.0372.